The zero-order valence-corrected chi connectivity index (χ0v) is 21.4. The molecule has 8 heteroatoms. The number of aryl methyl sites for hydroxylation is 2. The molecule has 4 rings (SSSR count). The number of carbonyl (C=O) groups is 3. The molecule has 1 N–H and O–H groups in total. The third kappa shape index (κ3) is 5.44. The first-order chi connectivity index (χ1) is 17.3. The van der Waals surface area contributed by atoms with E-state index in [1.54, 1.807) is 14.0 Å². The van der Waals surface area contributed by atoms with Gasteiger partial charge >= 0.3 is 12.0 Å². The summed E-state index contributed by atoms with van der Waals surface area (Å²) in [6.07, 6.45) is 0. The van der Waals surface area contributed by atoms with Gasteiger partial charge < -0.3 is 15.0 Å². The maximum atomic E-state index is 13.1. The molecule has 2 aromatic rings. The van der Waals surface area contributed by atoms with Gasteiger partial charge in [-0.2, -0.15) is 0 Å². The highest BCUT2D eigenvalue weighted by Gasteiger charge is 2.37. The van der Waals surface area contributed by atoms with Crippen molar-refractivity contribution in [1.29, 1.82) is 0 Å². The number of hydrogen-bond donors (Lipinski definition) is 1. The lowest BCUT2D eigenvalue weighted by Gasteiger charge is -2.39. The predicted octanol–water partition coefficient (Wildman–Crippen LogP) is 3.27. The third-order valence-electron chi connectivity index (χ3n) is 6.81. The standard InChI is InChI=1S/C28H34N4O4/c1-5-36-27(34)24-23(30(4)28(35)29-25(24)21-10-6-19(2)7-11-21)18-31-14-16-32(17-15-31)26(33)22-12-8-20(3)9-13-22/h6-13,25H,5,14-18H2,1-4H3,(H,29,35). The highest BCUT2D eigenvalue weighted by molar-refractivity contribution is 5.95. The summed E-state index contributed by atoms with van der Waals surface area (Å²) >= 11 is 0. The van der Waals surface area contributed by atoms with E-state index in [9.17, 15) is 14.4 Å². The fourth-order valence-corrected chi connectivity index (χ4v) is 4.61. The van der Waals surface area contributed by atoms with Gasteiger partial charge in [0.2, 0.25) is 0 Å². The number of ether oxygens (including phenoxy) is 1. The molecule has 1 saturated heterocycles. The van der Waals surface area contributed by atoms with E-state index in [1.165, 1.54) is 4.90 Å². The number of urea groups is 1. The highest BCUT2D eigenvalue weighted by atomic mass is 16.5. The second-order valence-electron chi connectivity index (χ2n) is 9.37. The van der Waals surface area contributed by atoms with Crippen LogP contribution in [0.1, 0.15) is 40.0 Å². The van der Waals surface area contributed by atoms with Crippen LogP contribution in [0.2, 0.25) is 0 Å². The van der Waals surface area contributed by atoms with Crippen molar-refractivity contribution in [1.82, 2.24) is 20.0 Å². The smallest absolute Gasteiger partial charge is 0.338 e. The minimum Gasteiger partial charge on any atom is -0.463 e. The van der Waals surface area contributed by atoms with E-state index in [4.69, 9.17) is 4.74 Å². The monoisotopic (exact) mass is 490 g/mol. The van der Waals surface area contributed by atoms with Gasteiger partial charge in [-0.1, -0.05) is 47.5 Å². The number of amides is 3. The number of rotatable bonds is 6. The molecule has 2 aromatic carbocycles. The number of nitrogens with one attached hydrogen (secondary N) is 1. The van der Waals surface area contributed by atoms with Crippen LogP contribution >= 0.6 is 0 Å². The molecule has 1 unspecified atom stereocenters. The normalized spacial score (nSPS) is 18.8. The lowest BCUT2D eigenvalue weighted by molar-refractivity contribution is -0.139. The molecule has 0 spiro atoms. The summed E-state index contributed by atoms with van der Waals surface area (Å²) in [5, 5.41) is 2.96. The maximum absolute atomic E-state index is 13.1. The second kappa shape index (κ2) is 11.0. The zero-order chi connectivity index (χ0) is 25.8. The molecule has 0 aromatic heterocycles. The Labute approximate surface area is 212 Å². The van der Waals surface area contributed by atoms with Gasteiger partial charge in [-0.25, -0.2) is 9.59 Å². The molecule has 2 aliphatic heterocycles. The SMILES string of the molecule is CCOC(=O)C1=C(CN2CCN(C(=O)c3ccc(C)cc3)CC2)N(C)C(=O)NC1c1ccc(C)cc1. The average molecular weight is 491 g/mol. The van der Waals surface area contributed by atoms with Gasteiger partial charge in [-0.05, 0) is 38.5 Å². The Bertz CT molecular complexity index is 1150. The van der Waals surface area contributed by atoms with Crippen LogP contribution in [0.5, 0.6) is 0 Å². The van der Waals surface area contributed by atoms with Crippen molar-refractivity contribution in [2.45, 2.75) is 26.8 Å². The molecule has 8 nitrogen and oxygen atoms in total. The van der Waals surface area contributed by atoms with E-state index in [-0.39, 0.29) is 18.5 Å². The van der Waals surface area contributed by atoms with Gasteiger partial charge in [-0.3, -0.25) is 14.6 Å². The van der Waals surface area contributed by atoms with E-state index in [0.29, 0.717) is 49.6 Å². The molecule has 36 heavy (non-hydrogen) atoms. The molecule has 3 amide bonds. The first-order valence-electron chi connectivity index (χ1n) is 12.4. The van der Waals surface area contributed by atoms with E-state index >= 15 is 0 Å². The molecule has 0 aliphatic carbocycles. The quantitative estimate of drug-likeness (QED) is 0.629. The summed E-state index contributed by atoms with van der Waals surface area (Å²) in [5.41, 5.74) is 4.80. The van der Waals surface area contributed by atoms with Crippen LogP contribution in [0.25, 0.3) is 0 Å². The average Bonchev–Trinajstić information content (AvgIpc) is 2.87. The Morgan fingerprint density at radius 2 is 1.53 bits per heavy atom. The van der Waals surface area contributed by atoms with E-state index < -0.39 is 12.0 Å². The van der Waals surface area contributed by atoms with Crippen LogP contribution in [-0.2, 0) is 9.53 Å². The number of piperazine rings is 1. The van der Waals surface area contributed by atoms with Gasteiger partial charge in [-0.15, -0.1) is 0 Å². The fraction of sp³-hybridized carbons (Fsp3) is 0.393. The van der Waals surface area contributed by atoms with Crippen LogP contribution in [0.15, 0.2) is 59.8 Å². The number of benzene rings is 2. The molecule has 1 fully saturated rings. The van der Waals surface area contributed by atoms with E-state index in [1.807, 2.05) is 67.3 Å². The zero-order valence-electron chi connectivity index (χ0n) is 21.4. The number of carbonyl (C=O) groups excluding carboxylic acids is 3. The molecular formula is C28H34N4O4. The second-order valence-corrected chi connectivity index (χ2v) is 9.37. The Balaban J connectivity index is 1.55. The molecule has 0 radical (unpaired) electrons. The number of likely N-dealkylation sites (N-methyl/N-ethyl adjacent to an activating group) is 1. The molecular weight excluding hydrogens is 456 g/mol. The van der Waals surface area contributed by atoms with Gasteiger partial charge in [0.1, 0.15) is 0 Å². The summed E-state index contributed by atoms with van der Waals surface area (Å²) in [4.78, 5) is 44.5. The number of esters is 1. The van der Waals surface area contributed by atoms with Gasteiger partial charge in [0, 0.05) is 51.0 Å². The highest BCUT2D eigenvalue weighted by Crippen LogP contribution is 2.31. The summed E-state index contributed by atoms with van der Waals surface area (Å²) in [5.74, 6) is -0.409. The molecule has 2 heterocycles. The van der Waals surface area contributed by atoms with Crippen molar-refractivity contribution < 1.29 is 19.1 Å². The first kappa shape index (κ1) is 25.4. The fourth-order valence-electron chi connectivity index (χ4n) is 4.61. The Morgan fingerprint density at radius 3 is 2.11 bits per heavy atom. The largest absolute Gasteiger partial charge is 0.463 e. The van der Waals surface area contributed by atoms with Crippen molar-refractivity contribution in [2.24, 2.45) is 0 Å². The number of hydrogen-bond acceptors (Lipinski definition) is 5. The van der Waals surface area contributed by atoms with Crippen molar-refractivity contribution >= 4 is 17.9 Å². The Hall–Kier alpha value is -3.65. The van der Waals surface area contributed by atoms with Crippen molar-refractivity contribution in [2.75, 3.05) is 46.4 Å². The third-order valence-corrected chi connectivity index (χ3v) is 6.81. The van der Waals surface area contributed by atoms with E-state index in [0.717, 1.165) is 16.7 Å². The van der Waals surface area contributed by atoms with Crippen LogP contribution in [0, 0.1) is 13.8 Å². The van der Waals surface area contributed by atoms with Gasteiger partial charge in [0.15, 0.2) is 0 Å². The van der Waals surface area contributed by atoms with Crippen LogP contribution in [-0.4, -0.2) is 79.0 Å². The summed E-state index contributed by atoms with van der Waals surface area (Å²) < 4.78 is 5.42. The summed E-state index contributed by atoms with van der Waals surface area (Å²) in [6, 6.07) is 14.5. The molecule has 0 bridgehead atoms. The Kier molecular flexibility index (Phi) is 7.74. The predicted molar refractivity (Wildman–Crippen MR) is 137 cm³/mol. The lowest BCUT2D eigenvalue weighted by atomic mass is 9.93. The molecule has 190 valence electrons. The minimum atomic E-state index is -0.590. The summed E-state index contributed by atoms with van der Waals surface area (Å²) in [7, 11) is 1.67. The molecule has 1 atom stereocenters. The van der Waals surface area contributed by atoms with Crippen molar-refractivity contribution in [3.8, 4) is 0 Å². The van der Waals surface area contributed by atoms with E-state index in [2.05, 4.69) is 10.2 Å². The Morgan fingerprint density at radius 1 is 0.944 bits per heavy atom. The van der Waals surface area contributed by atoms with Gasteiger partial charge in [0.25, 0.3) is 5.91 Å². The van der Waals surface area contributed by atoms with Crippen LogP contribution in [0.4, 0.5) is 4.79 Å². The van der Waals surface area contributed by atoms with Gasteiger partial charge in [0.05, 0.1) is 18.2 Å². The minimum absolute atomic E-state index is 0.0228. The van der Waals surface area contributed by atoms with Crippen LogP contribution in [0.3, 0.4) is 0 Å². The maximum Gasteiger partial charge on any atom is 0.338 e. The first-order valence-corrected chi connectivity index (χ1v) is 12.4. The number of nitrogens with zero attached hydrogens (tertiary/aromatic N) is 3. The van der Waals surface area contributed by atoms with Crippen molar-refractivity contribution in [3.05, 3.63) is 82.1 Å². The summed E-state index contributed by atoms with van der Waals surface area (Å²) in [6.45, 7) is 8.85. The molecule has 0 saturated carbocycles. The molecule has 2 aliphatic rings. The topological polar surface area (TPSA) is 82.2 Å². The van der Waals surface area contributed by atoms with Crippen molar-refractivity contribution in [3.63, 3.8) is 0 Å². The lowest BCUT2D eigenvalue weighted by Crippen LogP contribution is -2.53. The van der Waals surface area contributed by atoms with Crippen LogP contribution < -0.4 is 5.32 Å².